The zero-order valence-corrected chi connectivity index (χ0v) is 16.2. The molecule has 0 aromatic heterocycles. The lowest BCUT2D eigenvalue weighted by molar-refractivity contribution is 0.404. The van der Waals surface area contributed by atoms with E-state index in [1.807, 2.05) is 57.2 Å². The highest BCUT2D eigenvalue weighted by molar-refractivity contribution is 7.20. The highest BCUT2D eigenvalue weighted by atomic mass is 31.0. The fourth-order valence-corrected chi connectivity index (χ4v) is 2.89. The van der Waals surface area contributed by atoms with Crippen molar-refractivity contribution in [3.8, 4) is 11.5 Å². The van der Waals surface area contributed by atoms with Crippen molar-refractivity contribution in [2.45, 2.75) is 26.2 Å². The molecule has 2 aromatic rings. The number of phenols is 1. The van der Waals surface area contributed by atoms with Gasteiger partial charge in [0.25, 0.3) is 0 Å². The summed E-state index contributed by atoms with van der Waals surface area (Å²) in [5.41, 5.74) is 2.39. The van der Waals surface area contributed by atoms with Gasteiger partial charge in [-0.05, 0) is 29.2 Å². The van der Waals surface area contributed by atoms with Gasteiger partial charge in [0.05, 0.1) is 7.11 Å². The van der Waals surface area contributed by atoms with Gasteiger partial charge in [-0.25, -0.2) is 0 Å². The van der Waals surface area contributed by atoms with Crippen LogP contribution < -0.4 is 4.74 Å². The number of phenolic OH excluding ortho intramolecular Hbond substituents is 1. The van der Waals surface area contributed by atoms with Gasteiger partial charge in [-0.2, -0.15) is 0 Å². The first kappa shape index (κ1) is 19.1. The van der Waals surface area contributed by atoms with Gasteiger partial charge in [0.15, 0.2) is 0 Å². The van der Waals surface area contributed by atoms with Crippen molar-refractivity contribution in [1.82, 2.24) is 0 Å². The molecule has 0 aliphatic rings. The molecule has 0 bridgehead atoms. The Bertz CT molecular complexity index is 800. The van der Waals surface area contributed by atoms with Gasteiger partial charge in [-0.15, -0.1) is 9.24 Å². The number of aliphatic hydroxyl groups is 1. The number of allylic oxidation sites excluding steroid dienone is 1. The number of hydrogen-bond acceptors (Lipinski definition) is 3. The Kier molecular flexibility index (Phi) is 5.92. The first-order valence-electron chi connectivity index (χ1n) is 8.08. The number of aliphatic hydroxyl groups excluding tert-OH is 1. The van der Waals surface area contributed by atoms with E-state index in [1.54, 1.807) is 25.1 Å². The van der Waals surface area contributed by atoms with E-state index in [0.717, 1.165) is 11.1 Å². The first-order chi connectivity index (χ1) is 11.8. The fraction of sp³-hybridized carbons (Fsp3) is 0.238. The van der Waals surface area contributed by atoms with Crippen molar-refractivity contribution < 1.29 is 14.9 Å². The molecule has 0 fully saturated rings. The fourth-order valence-electron chi connectivity index (χ4n) is 2.71. The predicted molar refractivity (Wildman–Crippen MR) is 107 cm³/mol. The molecule has 2 N–H and O–H groups in total. The molecule has 132 valence electrons. The van der Waals surface area contributed by atoms with Crippen LogP contribution in [0.5, 0.6) is 11.5 Å². The SMILES string of the molecule is COc1cc(/C(=C(O)/C=C\P)c2ccccc2)c(O)c(C(C)(C)C)c1. The van der Waals surface area contributed by atoms with Crippen LogP contribution in [0.3, 0.4) is 0 Å². The molecule has 3 nitrogen and oxygen atoms in total. The van der Waals surface area contributed by atoms with Gasteiger partial charge in [0, 0.05) is 16.7 Å². The number of methoxy groups -OCH3 is 1. The average molecular weight is 356 g/mol. The Morgan fingerprint density at radius 1 is 1.12 bits per heavy atom. The van der Waals surface area contributed by atoms with Crippen LogP contribution in [0.25, 0.3) is 5.57 Å². The summed E-state index contributed by atoms with van der Waals surface area (Å²) in [4.78, 5) is 0. The van der Waals surface area contributed by atoms with E-state index in [4.69, 9.17) is 4.74 Å². The van der Waals surface area contributed by atoms with Gasteiger partial charge in [0.2, 0.25) is 0 Å². The van der Waals surface area contributed by atoms with Crippen molar-refractivity contribution in [2.24, 2.45) is 0 Å². The normalized spacial score (nSPS) is 13.0. The molecule has 0 aliphatic heterocycles. The summed E-state index contributed by atoms with van der Waals surface area (Å²) in [5, 5.41) is 21.6. The van der Waals surface area contributed by atoms with Gasteiger partial charge in [-0.3, -0.25) is 0 Å². The van der Waals surface area contributed by atoms with E-state index < -0.39 is 0 Å². The van der Waals surface area contributed by atoms with Crippen molar-refractivity contribution in [3.63, 3.8) is 0 Å². The zero-order chi connectivity index (χ0) is 18.6. The third kappa shape index (κ3) is 4.24. The van der Waals surface area contributed by atoms with Crippen molar-refractivity contribution in [3.05, 3.63) is 76.8 Å². The van der Waals surface area contributed by atoms with Crippen molar-refractivity contribution >= 4 is 14.8 Å². The summed E-state index contributed by atoms with van der Waals surface area (Å²) < 4.78 is 5.43. The molecule has 0 radical (unpaired) electrons. The Morgan fingerprint density at radius 2 is 1.76 bits per heavy atom. The Hall–Kier alpha value is -2.25. The molecule has 0 spiro atoms. The lowest BCUT2D eigenvalue weighted by Crippen LogP contribution is -2.12. The van der Waals surface area contributed by atoms with Crippen LogP contribution in [0.15, 0.2) is 60.1 Å². The largest absolute Gasteiger partial charge is 0.507 e. The number of rotatable bonds is 4. The first-order valence-corrected chi connectivity index (χ1v) is 8.75. The van der Waals surface area contributed by atoms with Gasteiger partial charge < -0.3 is 14.9 Å². The summed E-state index contributed by atoms with van der Waals surface area (Å²) in [6.07, 6.45) is 1.59. The van der Waals surface area contributed by atoms with Gasteiger partial charge >= 0.3 is 0 Å². The second-order valence-electron chi connectivity index (χ2n) is 6.81. The number of benzene rings is 2. The van der Waals surface area contributed by atoms with Crippen molar-refractivity contribution in [1.29, 1.82) is 0 Å². The van der Waals surface area contributed by atoms with Gasteiger partial charge in [-0.1, -0.05) is 56.9 Å². The van der Waals surface area contributed by atoms with Crippen LogP contribution in [0.1, 0.15) is 37.5 Å². The Morgan fingerprint density at radius 3 is 2.28 bits per heavy atom. The highest BCUT2D eigenvalue weighted by Crippen LogP contribution is 2.42. The number of aromatic hydroxyl groups is 1. The molecule has 0 saturated carbocycles. The number of hydrogen-bond donors (Lipinski definition) is 2. The van der Waals surface area contributed by atoms with Crippen LogP contribution in [0.2, 0.25) is 0 Å². The topological polar surface area (TPSA) is 49.7 Å². The van der Waals surface area contributed by atoms with Crippen LogP contribution in [0, 0.1) is 0 Å². The summed E-state index contributed by atoms with van der Waals surface area (Å²) in [5.74, 6) is 2.54. The second-order valence-corrected chi connectivity index (χ2v) is 7.19. The van der Waals surface area contributed by atoms with E-state index in [2.05, 4.69) is 9.24 Å². The molecule has 4 heteroatoms. The lowest BCUT2D eigenvalue weighted by atomic mass is 9.83. The third-order valence-corrected chi connectivity index (χ3v) is 4.16. The summed E-state index contributed by atoms with van der Waals surface area (Å²) in [6, 6.07) is 13.1. The highest BCUT2D eigenvalue weighted by Gasteiger charge is 2.24. The quantitative estimate of drug-likeness (QED) is 0.438. The molecule has 0 amide bonds. The number of ether oxygens (including phenoxy) is 1. The predicted octanol–water partition coefficient (Wildman–Crippen LogP) is 5.40. The van der Waals surface area contributed by atoms with E-state index in [9.17, 15) is 10.2 Å². The minimum Gasteiger partial charge on any atom is -0.507 e. The molecule has 0 aliphatic carbocycles. The molecule has 0 saturated heterocycles. The molecule has 1 unspecified atom stereocenters. The third-order valence-electron chi connectivity index (χ3n) is 3.97. The average Bonchev–Trinajstić information content (AvgIpc) is 2.57. The minimum absolute atomic E-state index is 0.0737. The summed E-state index contributed by atoms with van der Waals surface area (Å²) >= 11 is 0. The lowest BCUT2D eigenvalue weighted by Gasteiger charge is -2.24. The molecule has 2 rings (SSSR count). The molecular weight excluding hydrogens is 331 g/mol. The maximum absolute atomic E-state index is 11.0. The minimum atomic E-state index is -0.277. The Labute approximate surface area is 151 Å². The summed E-state index contributed by atoms with van der Waals surface area (Å²) in [7, 11) is 4.04. The molecule has 1 atom stereocenters. The molecule has 25 heavy (non-hydrogen) atoms. The molecule has 0 heterocycles. The maximum Gasteiger partial charge on any atom is 0.127 e. The van der Waals surface area contributed by atoms with Crippen LogP contribution in [-0.2, 0) is 5.41 Å². The van der Waals surface area contributed by atoms with E-state index >= 15 is 0 Å². The van der Waals surface area contributed by atoms with Crippen molar-refractivity contribution in [2.75, 3.05) is 7.11 Å². The van der Waals surface area contributed by atoms with Crippen LogP contribution in [0.4, 0.5) is 0 Å². The standard InChI is InChI=1S/C21H25O3P/c1-21(2,3)17-13-15(24-4)12-16(20(17)23)19(18(22)10-11-25)14-8-6-5-7-9-14/h5-13,22-23H,25H2,1-4H3/b11-10-,19-18-. The Balaban J connectivity index is 2.85. The van der Waals surface area contributed by atoms with Gasteiger partial charge in [0.1, 0.15) is 17.3 Å². The van der Waals surface area contributed by atoms with E-state index in [-0.39, 0.29) is 16.9 Å². The maximum atomic E-state index is 11.0. The summed E-state index contributed by atoms with van der Waals surface area (Å²) in [6.45, 7) is 6.08. The van der Waals surface area contributed by atoms with E-state index in [1.165, 1.54) is 0 Å². The van der Waals surface area contributed by atoms with Crippen LogP contribution in [-0.4, -0.2) is 17.3 Å². The smallest absolute Gasteiger partial charge is 0.127 e. The van der Waals surface area contributed by atoms with Crippen LogP contribution >= 0.6 is 9.24 Å². The van der Waals surface area contributed by atoms with E-state index in [0.29, 0.717) is 16.9 Å². The monoisotopic (exact) mass is 356 g/mol. The molecular formula is C21H25O3P. The molecule has 2 aromatic carbocycles. The zero-order valence-electron chi connectivity index (χ0n) is 15.1. The second kappa shape index (κ2) is 7.76.